The molecular formula is C15H18N2OS. The largest absolute Gasteiger partial charge is 0.295 e. The summed E-state index contributed by atoms with van der Waals surface area (Å²) in [5.74, 6) is 0.721. The Morgan fingerprint density at radius 3 is 3.16 bits per heavy atom. The molecule has 2 aromatic rings. The van der Waals surface area contributed by atoms with Crippen LogP contribution in [0.1, 0.15) is 30.7 Å². The van der Waals surface area contributed by atoms with Crippen LogP contribution in [-0.4, -0.2) is 9.55 Å². The van der Waals surface area contributed by atoms with E-state index in [4.69, 9.17) is 0 Å². The molecule has 0 bridgehead atoms. The normalized spacial score (nSPS) is 18.5. The molecule has 1 aliphatic carbocycles. The van der Waals surface area contributed by atoms with Gasteiger partial charge >= 0.3 is 0 Å². The van der Waals surface area contributed by atoms with Crippen LogP contribution in [0, 0.1) is 5.92 Å². The molecule has 0 N–H and O–H groups in total. The quantitative estimate of drug-likeness (QED) is 0.788. The first-order valence-corrected chi connectivity index (χ1v) is 7.52. The summed E-state index contributed by atoms with van der Waals surface area (Å²) in [5.41, 5.74) is 2.33. The van der Waals surface area contributed by atoms with Gasteiger partial charge in [-0.15, -0.1) is 11.3 Å². The van der Waals surface area contributed by atoms with Crippen molar-refractivity contribution >= 4 is 21.6 Å². The fraction of sp³-hybridized carbons (Fsp3) is 0.467. The number of allylic oxidation sites excluding steroid dienone is 1. The Bertz CT molecular complexity index is 711. The minimum absolute atomic E-state index is 0.0973. The van der Waals surface area contributed by atoms with Crippen molar-refractivity contribution < 1.29 is 0 Å². The molecular weight excluding hydrogens is 256 g/mol. The third-order valence-corrected chi connectivity index (χ3v) is 4.88. The van der Waals surface area contributed by atoms with Gasteiger partial charge in [-0.1, -0.05) is 19.1 Å². The van der Waals surface area contributed by atoms with Gasteiger partial charge in [0.2, 0.25) is 0 Å². The Hall–Kier alpha value is -1.42. The molecule has 2 heterocycles. The highest BCUT2D eigenvalue weighted by molar-refractivity contribution is 7.18. The molecule has 0 saturated carbocycles. The second-order valence-electron chi connectivity index (χ2n) is 5.67. The molecule has 0 aliphatic heterocycles. The maximum atomic E-state index is 12.6. The van der Waals surface area contributed by atoms with Gasteiger partial charge in [0.05, 0.1) is 11.7 Å². The molecule has 0 fully saturated rings. The van der Waals surface area contributed by atoms with Crippen LogP contribution < -0.4 is 5.56 Å². The van der Waals surface area contributed by atoms with Crippen LogP contribution >= 0.6 is 11.3 Å². The van der Waals surface area contributed by atoms with Gasteiger partial charge in [-0.05, 0) is 37.7 Å². The zero-order valence-electron chi connectivity index (χ0n) is 11.4. The maximum Gasteiger partial charge on any atom is 0.262 e. The SMILES string of the molecule is C=C(C)Cn1cnc2sc3c(c2c1=O)CCC(C)C3. The number of hydrogen-bond acceptors (Lipinski definition) is 3. The minimum atomic E-state index is 0.0973. The van der Waals surface area contributed by atoms with Crippen LogP contribution in [0.25, 0.3) is 10.2 Å². The lowest BCUT2D eigenvalue weighted by atomic mass is 9.89. The second-order valence-corrected chi connectivity index (χ2v) is 6.75. The monoisotopic (exact) mass is 274 g/mol. The summed E-state index contributed by atoms with van der Waals surface area (Å²) in [4.78, 5) is 19.3. The predicted octanol–water partition coefficient (Wildman–Crippen LogP) is 3.16. The first-order valence-electron chi connectivity index (χ1n) is 6.70. The molecule has 0 amide bonds. The third-order valence-electron chi connectivity index (χ3n) is 3.72. The summed E-state index contributed by atoms with van der Waals surface area (Å²) in [5, 5.41) is 0.857. The Morgan fingerprint density at radius 2 is 2.42 bits per heavy atom. The maximum absolute atomic E-state index is 12.6. The molecule has 0 aromatic carbocycles. The number of nitrogens with zero attached hydrogens (tertiary/aromatic N) is 2. The number of hydrogen-bond donors (Lipinski definition) is 0. The van der Waals surface area contributed by atoms with Crippen molar-refractivity contribution in [3.63, 3.8) is 0 Å². The van der Waals surface area contributed by atoms with Crippen molar-refractivity contribution in [2.24, 2.45) is 5.92 Å². The zero-order chi connectivity index (χ0) is 13.6. The van der Waals surface area contributed by atoms with Gasteiger partial charge in [-0.25, -0.2) is 4.98 Å². The van der Waals surface area contributed by atoms with Gasteiger partial charge in [0.1, 0.15) is 4.83 Å². The minimum Gasteiger partial charge on any atom is -0.295 e. The average molecular weight is 274 g/mol. The van der Waals surface area contributed by atoms with E-state index < -0.39 is 0 Å². The fourth-order valence-electron chi connectivity index (χ4n) is 2.77. The van der Waals surface area contributed by atoms with Gasteiger partial charge in [-0.3, -0.25) is 9.36 Å². The van der Waals surface area contributed by atoms with Gasteiger partial charge in [-0.2, -0.15) is 0 Å². The molecule has 1 unspecified atom stereocenters. The number of fused-ring (bicyclic) bond motifs is 3. The van der Waals surface area contributed by atoms with E-state index in [1.807, 2.05) is 6.92 Å². The van der Waals surface area contributed by atoms with Crippen LogP contribution in [0.4, 0.5) is 0 Å². The molecule has 100 valence electrons. The molecule has 19 heavy (non-hydrogen) atoms. The lowest BCUT2D eigenvalue weighted by Crippen LogP contribution is -2.21. The van der Waals surface area contributed by atoms with Crippen molar-refractivity contribution in [1.82, 2.24) is 9.55 Å². The zero-order valence-corrected chi connectivity index (χ0v) is 12.2. The smallest absolute Gasteiger partial charge is 0.262 e. The Labute approximate surface area is 116 Å². The van der Waals surface area contributed by atoms with Gasteiger partial charge in [0.25, 0.3) is 5.56 Å². The Balaban J connectivity index is 2.20. The van der Waals surface area contributed by atoms with E-state index in [1.54, 1.807) is 22.2 Å². The molecule has 1 aliphatic rings. The summed E-state index contributed by atoms with van der Waals surface area (Å²) in [6.07, 6.45) is 4.94. The number of rotatable bonds is 2. The lowest BCUT2D eigenvalue weighted by molar-refractivity contribution is 0.509. The number of aromatic nitrogens is 2. The molecule has 1 atom stereocenters. The highest BCUT2D eigenvalue weighted by Gasteiger charge is 2.22. The average Bonchev–Trinajstić information content (AvgIpc) is 2.70. The van der Waals surface area contributed by atoms with Crippen LogP contribution in [-0.2, 0) is 19.4 Å². The number of thiophene rings is 1. The number of aryl methyl sites for hydroxylation is 1. The van der Waals surface area contributed by atoms with Gasteiger partial charge in [0.15, 0.2) is 0 Å². The van der Waals surface area contributed by atoms with Crippen molar-refractivity contribution in [1.29, 1.82) is 0 Å². The summed E-state index contributed by atoms with van der Waals surface area (Å²) in [6, 6.07) is 0. The molecule has 3 nitrogen and oxygen atoms in total. The van der Waals surface area contributed by atoms with E-state index in [0.717, 1.165) is 34.5 Å². The topological polar surface area (TPSA) is 34.9 Å². The van der Waals surface area contributed by atoms with E-state index in [1.165, 1.54) is 16.9 Å². The molecule has 3 rings (SSSR count). The second kappa shape index (κ2) is 4.60. The van der Waals surface area contributed by atoms with Crippen LogP contribution in [0.2, 0.25) is 0 Å². The van der Waals surface area contributed by atoms with Crippen molar-refractivity contribution in [2.45, 2.75) is 39.7 Å². The Kier molecular flexibility index (Phi) is 3.05. The molecule has 4 heteroatoms. The van der Waals surface area contributed by atoms with Crippen molar-refractivity contribution in [3.8, 4) is 0 Å². The van der Waals surface area contributed by atoms with E-state index in [9.17, 15) is 4.79 Å². The first-order chi connectivity index (χ1) is 9.06. The standard InChI is InChI=1S/C15H18N2OS/c1-9(2)7-17-8-16-14-13(15(17)18)11-5-4-10(3)6-12(11)19-14/h8,10H,1,4-7H2,2-3H3. The third kappa shape index (κ3) is 2.14. The molecule has 2 aromatic heterocycles. The van der Waals surface area contributed by atoms with E-state index in [-0.39, 0.29) is 5.56 Å². The lowest BCUT2D eigenvalue weighted by Gasteiger charge is -2.17. The summed E-state index contributed by atoms with van der Waals surface area (Å²) >= 11 is 1.70. The van der Waals surface area contributed by atoms with Crippen LogP contribution in [0.15, 0.2) is 23.3 Å². The summed E-state index contributed by atoms with van der Waals surface area (Å²) in [7, 11) is 0. The van der Waals surface area contributed by atoms with Crippen LogP contribution in [0.3, 0.4) is 0 Å². The molecule has 0 spiro atoms. The van der Waals surface area contributed by atoms with E-state index >= 15 is 0 Å². The van der Waals surface area contributed by atoms with E-state index in [0.29, 0.717) is 6.54 Å². The van der Waals surface area contributed by atoms with Crippen LogP contribution in [0.5, 0.6) is 0 Å². The van der Waals surface area contributed by atoms with Crippen molar-refractivity contribution in [2.75, 3.05) is 0 Å². The van der Waals surface area contributed by atoms with Gasteiger partial charge in [0, 0.05) is 11.4 Å². The highest BCUT2D eigenvalue weighted by atomic mass is 32.1. The highest BCUT2D eigenvalue weighted by Crippen LogP contribution is 2.35. The summed E-state index contributed by atoms with van der Waals surface area (Å²) in [6.45, 7) is 8.64. The van der Waals surface area contributed by atoms with E-state index in [2.05, 4.69) is 18.5 Å². The predicted molar refractivity (Wildman–Crippen MR) is 79.9 cm³/mol. The molecule has 0 radical (unpaired) electrons. The van der Waals surface area contributed by atoms with Gasteiger partial charge < -0.3 is 0 Å². The Morgan fingerprint density at radius 1 is 1.63 bits per heavy atom. The summed E-state index contributed by atoms with van der Waals surface area (Å²) < 4.78 is 1.68. The fourth-order valence-corrected chi connectivity index (χ4v) is 4.11. The molecule has 0 saturated heterocycles. The van der Waals surface area contributed by atoms with Crippen molar-refractivity contribution in [3.05, 3.63) is 39.3 Å². The first kappa shape index (κ1) is 12.6.